The third kappa shape index (κ3) is 11.4. The normalized spacial score (nSPS) is 16.7. The van der Waals surface area contributed by atoms with E-state index >= 15 is 0 Å². The number of aliphatic hydroxyl groups is 4. The van der Waals surface area contributed by atoms with Gasteiger partial charge in [-0.2, -0.15) is 0 Å². The van der Waals surface area contributed by atoms with Crippen molar-refractivity contribution in [3.05, 3.63) is 81.6 Å². The second-order valence-electron chi connectivity index (χ2n) is 15.4. The predicted molar refractivity (Wildman–Crippen MR) is 205 cm³/mol. The van der Waals surface area contributed by atoms with Crippen molar-refractivity contribution in [2.45, 2.75) is 115 Å². The molecule has 2 saturated carbocycles. The maximum absolute atomic E-state index is 13.3. The molecular weight excluding hydrogens is 735 g/mol. The molecule has 294 valence electrons. The van der Waals surface area contributed by atoms with Gasteiger partial charge in [0.05, 0.1) is 36.9 Å². The van der Waals surface area contributed by atoms with Gasteiger partial charge < -0.3 is 39.9 Å². The average Bonchev–Trinajstić information content (AvgIpc) is 4.07. The smallest absolute Gasteiger partial charge is 0.303 e. The second-order valence-corrected chi connectivity index (χ2v) is 16.2. The van der Waals surface area contributed by atoms with Crippen molar-refractivity contribution in [1.82, 2.24) is 9.88 Å². The van der Waals surface area contributed by atoms with E-state index in [1.165, 1.54) is 4.90 Å². The van der Waals surface area contributed by atoms with Crippen LogP contribution in [0.3, 0.4) is 0 Å². The number of rotatable bonds is 22. The number of para-hydroxylation sites is 1. The Hall–Kier alpha value is -3.29. The summed E-state index contributed by atoms with van der Waals surface area (Å²) in [5.74, 6) is -0.545. The number of halogens is 2. The first-order valence-electron chi connectivity index (χ1n) is 18.7. The SMILES string of the molecule is CC(C)(CC(=O)O)CC(=O)N(CCCCc1cc(Cl)c(COC2(c3cnccc3-c3ccccc3OC3CC3)CC2)cc1Cl)CC(O)C(O)C(O)CCO. The summed E-state index contributed by atoms with van der Waals surface area (Å²) in [7, 11) is 0. The van der Waals surface area contributed by atoms with E-state index in [-0.39, 0.29) is 57.6 Å². The Balaban J connectivity index is 1.20. The fraction of sp³-hybridized carbons (Fsp3) is 0.537. The molecule has 13 heteroatoms. The summed E-state index contributed by atoms with van der Waals surface area (Å²) in [4.78, 5) is 30.5. The summed E-state index contributed by atoms with van der Waals surface area (Å²) in [6.07, 6.45) is 4.57. The Labute approximate surface area is 326 Å². The number of aryl methyl sites for hydroxylation is 1. The lowest BCUT2D eigenvalue weighted by molar-refractivity contribution is -0.142. The van der Waals surface area contributed by atoms with Crippen LogP contribution in [0.25, 0.3) is 11.1 Å². The van der Waals surface area contributed by atoms with Crippen LogP contribution in [0.4, 0.5) is 0 Å². The second kappa shape index (κ2) is 18.6. The molecule has 11 nitrogen and oxygen atoms in total. The van der Waals surface area contributed by atoms with Gasteiger partial charge in [-0.05, 0) is 97.7 Å². The number of ether oxygens (including phenoxy) is 2. The van der Waals surface area contributed by atoms with Gasteiger partial charge in [0.2, 0.25) is 5.91 Å². The minimum Gasteiger partial charge on any atom is -0.490 e. The van der Waals surface area contributed by atoms with E-state index in [0.717, 1.165) is 59.3 Å². The summed E-state index contributed by atoms with van der Waals surface area (Å²) in [5, 5.41) is 50.5. The van der Waals surface area contributed by atoms with Crippen LogP contribution in [0.2, 0.25) is 10.0 Å². The van der Waals surface area contributed by atoms with Gasteiger partial charge in [-0.3, -0.25) is 14.6 Å². The quantitative estimate of drug-likeness (QED) is 0.0728. The number of pyridine rings is 1. The number of hydrogen-bond acceptors (Lipinski definition) is 9. The molecule has 1 amide bonds. The van der Waals surface area contributed by atoms with Crippen LogP contribution in [0.5, 0.6) is 5.75 Å². The first-order valence-corrected chi connectivity index (χ1v) is 19.4. The van der Waals surface area contributed by atoms with Gasteiger partial charge in [-0.1, -0.05) is 55.2 Å². The first kappa shape index (κ1) is 41.9. The minimum absolute atomic E-state index is 0.0855. The summed E-state index contributed by atoms with van der Waals surface area (Å²) >= 11 is 13.6. The lowest BCUT2D eigenvalue weighted by atomic mass is 9.85. The molecule has 1 aromatic heterocycles. The third-order valence-corrected chi connectivity index (χ3v) is 10.8. The number of carboxylic acid groups (broad SMARTS) is 1. The maximum Gasteiger partial charge on any atom is 0.303 e. The van der Waals surface area contributed by atoms with E-state index in [1.54, 1.807) is 20.0 Å². The van der Waals surface area contributed by atoms with Crippen LogP contribution < -0.4 is 4.74 Å². The maximum atomic E-state index is 13.3. The number of hydrogen-bond donors (Lipinski definition) is 5. The number of amides is 1. The van der Waals surface area contributed by atoms with Crippen LogP contribution in [-0.4, -0.2) is 91.4 Å². The Bertz CT molecular complexity index is 1750. The number of aliphatic hydroxyl groups excluding tert-OH is 4. The van der Waals surface area contributed by atoms with Gasteiger partial charge in [-0.15, -0.1) is 0 Å². The molecule has 2 fully saturated rings. The Morgan fingerprint density at radius 1 is 0.981 bits per heavy atom. The summed E-state index contributed by atoms with van der Waals surface area (Å²) in [5.41, 5.74) is 3.31. The molecule has 5 rings (SSSR count). The number of benzene rings is 2. The van der Waals surface area contributed by atoms with Crippen molar-refractivity contribution < 1.29 is 44.6 Å². The Morgan fingerprint density at radius 2 is 1.69 bits per heavy atom. The molecule has 3 aromatic rings. The lowest BCUT2D eigenvalue weighted by Crippen LogP contribution is -2.47. The largest absolute Gasteiger partial charge is 0.490 e. The minimum atomic E-state index is -1.58. The van der Waals surface area contributed by atoms with Gasteiger partial charge in [0.1, 0.15) is 11.9 Å². The Morgan fingerprint density at radius 3 is 2.37 bits per heavy atom. The van der Waals surface area contributed by atoms with Crippen LogP contribution in [0.15, 0.2) is 54.9 Å². The van der Waals surface area contributed by atoms with E-state index < -0.39 is 35.3 Å². The highest BCUT2D eigenvalue weighted by Gasteiger charge is 2.48. The molecule has 3 unspecified atom stereocenters. The van der Waals surface area contributed by atoms with Crippen molar-refractivity contribution in [2.75, 3.05) is 19.7 Å². The molecule has 2 aromatic carbocycles. The molecule has 5 N–H and O–H groups in total. The molecule has 54 heavy (non-hydrogen) atoms. The highest BCUT2D eigenvalue weighted by Crippen LogP contribution is 2.53. The molecule has 0 radical (unpaired) electrons. The van der Waals surface area contributed by atoms with Crippen LogP contribution in [0, 0.1) is 5.41 Å². The van der Waals surface area contributed by atoms with Crippen molar-refractivity contribution in [3.8, 4) is 16.9 Å². The molecule has 0 bridgehead atoms. The van der Waals surface area contributed by atoms with Crippen LogP contribution in [-0.2, 0) is 33.0 Å². The molecule has 2 aliphatic rings. The fourth-order valence-corrected chi connectivity index (χ4v) is 7.25. The molecular formula is C41H52Cl2N2O9. The zero-order valence-electron chi connectivity index (χ0n) is 30.9. The molecule has 0 saturated heterocycles. The lowest BCUT2D eigenvalue weighted by Gasteiger charge is -2.32. The van der Waals surface area contributed by atoms with Crippen molar-refractivity contribution >= 4 is 35.1 Å². The highest BCUT2D eigenvalue weighted by molar-refractivity contribution is 6.34. The third-order valence-electron chi connectivity index (χ3n) is 10.1. The van der Waals surface area contributed by atoms with E-state index in [2.05, 4.69) is 11.1 Å². The molecule has 1 heterocycles. The van der Waals surface area contributed by atoms with Crippen molar-refractivity contribution in [2.24, 2.45) is 5.41 Å². The van der Waals surface area contributed by atoms with Crippen LogP contribution in [0.1, 0.15) is 88.3 Å². The zero-order chi connectivity index (χ0) is 39.0. The van der Waals surface area contributed by atoms with Gasteiger partial charge in [-0.25, -0.2) is 0 Å². The van der Waals surface area contributed by atoms with Crippen molar-refractivity contribution in [3.63, 3.8) is 0 Å². The van der Waals surface area contributed by atoms with Crippen LogP contribution >= 0.6 is 23.2 Å². The van der Waals surface area contributed by atoms with E-state index in [0.29, 0.717) is 29.3 Å². The van der Waals surface area contributed by atoms with Crippen molar-refractivity contribution in [1.29, 1.82) is 0 Å². The van der Waals surface area contributed by atoms with Gasteiger partial charge in [0, 0.05) is 59.7 Å². The molecule has 3 atom stereocenters. The zero-order valence-corrected chi connectivity index (χ0v) is 32.4. The highest BCUT2D eigenvalue weighted by atomic mass is 35.5. The number of aromatic nitrogens is 1. The monoisotopic (exact) mass is 786 g/mol. The average molecular weight is 788 g/mol. The number of carbonyl (C=O) groups excluding carboxylic acids is 1. The van der Waals surface area contributed by atoms with Gasteiger partial charge in [0.25, 0.3) is 0 Å². The Kier molecular flexibility index (Phi) is 14.4. The predicted octanol–water partition coefficient (Wildman–Crippen LogP) is 6.31. The first-order chi connectivity index (χ1) is 25.7. The number of carboxylic acids is 1. The molecule has 0 aliphatic heterocycles. The number of unbranched alkanes of at least 4 members (excludes halogenated alkanes) is 1. The number of carbonyl (C=O) groups is 2. The summed E-state index contributed by atoms with van der Waals surface area (Å²) < 4.78 is 12.8. The summed E-state index contributed by atoms with van der Waals surface area (Å²) in [6, 6.07) is 13.7. The fourth-order valence-electron chi connectivity index (χ4n) is 6.72. The molecule has 2 aliphatic carbocycles. The molecule has 0 spiro atoms. The topological polar surface area (TPSA) is 170 Å². The van der Waals surface area contributed by atoms with E-state index in [9.17, 15) is 30.0 Å². The standard InChI is InChI=1S/C41H52Cl2N2O9/c1-40(2,22-38(50)51)21-37(49)45(24-35(48)39(52)34(47)13-18-46)17-6-5-7-26-19-33(43)27(20-32(26)42)25-53-41(14-15-41)31-23-44-16-12-29(31)30-8-3-4-9-36(30)54-28-10-11-28/h3-4,8-9,12,16,19-20,23,28,34-35,39,46-48,52H,5-7,10-11,13-15,17-18,21-22,24-25H2,1-2H3,(H,50,51). The van der Waals surface area contributed by atoms with E-state index in [1.807, 2.05) is 42.6 Å². The van der Waals surface area contributed by atoms with Gasteiger partial charge in [0.15, 0.2) is 0 Å². The van der Waals surface area contributed by atoms with Gasteiger partial charge >= 0.3 is 5.97 Å². The van der Waals surface area contributed by atoms with E-state index in [4.69, 9.17) is 37.8 Å². The summed E-state index contributed by atoms with van der Waals surface area (Å²) in [6.45, 7) is 3.19. The number of aliphatic carboxylic acids is 1. The number of nitrogens with zero attached hydrogens (tertiary/aromatic N) is 2.